The molecule has 5 nitrogen and oxygen atoms in total. The summed E-state index contributed by atoms with van der Waals surface area (Å²) >= 11 is 0. The van der Waals surface area contributed by atoms with Crippen molar-refractivity contribution < 1.29 is 28.6 Å². The summed E-state index contributed by atoms with van der Waals surface area (Å²) in [6.07, 6.45) is 0. The third-order valence-electron chi connectivity index (χ3n) is 2.50. The summed E-state index contributed by atoms with van der Waals surface area (Å²) in [4.78, 5) is 22.6. The summed E-state index contributed by atoms with van der Waals surface area (Å²) in [7, 11) is 0. The van der Waals surface area contributed by atoms with Gasteiger partial charge in [0, 0.05) is 5.56 Å². The first kappa shape index (κ1) is 14.9. The van der Waals surface area contributed by atoms with Gasteiger partial charge in [0.05, 0.1) is 0 Å². The number of phenols is 1. The number of halogens is 2. The molecule has 1 aromatic carbocycles. The van der Waals surface area contributed by atoms with Crippen molar-refractivity contribution in [1.82, 2.24) is 5.32 Å². The molecular weight excluding hydrogens is 260 g/mol. The third kappa shape index (κ3) is 3.40. The van der Waals surface area contributed by atoms with Crippen molar-refractivity contribution in [1.29, 1.82) is 0 Å². The normalized spacial score (nSPS) is 12.3. The fraction of sp³-hybridized carbons (Fsp3) is 0.333. The van der Waals surface area contributed by atoms with Crippen LogP contribution in [0.4, 0.5) is 8.78 Å². The second-order valence-electron chi connectivity index (χ2n) is 4.32. The minimum Gasteiger partial charge on any atom is -0.503 e. The Balaban J connectivity index is 2.98. The number of nitrogens with one attached hydrogen (secondary N) is 1. The van der Waals surface area contributed by atoms with Gasteiger partial charge in [0.1, 0.15) is 6.04 Å². The number of carbonyl (C=O) groups is 2. The zero-order chi connectivity index (χ0) is 14.7. The number of aromatic hydroxyl groups is 1. The van der Waals surface area contributed by atoms with Crippen LogP contribution in [-0.4, -0.2) is 28.1 Å². The highest BCUT2D eigenvalue weighted by molar-refractivity contribution is 5.96. The molecule has 0 heterocycles. The van der Waals surface area contributed by atoms with Crippen molar-refractivity contribution in [3.63, 3.8) is 0 Å². The summed E-state index contributed by atoms with van der Waals surface area (Å²) in [5, 5.41) is 19.9. The van der Waals surface area contributed by atoms with Crippen LogP contribution in [0.3, 0.4) is 0 Å². The maximum absolute atomic E-state index is 13.1. The van der Waals surface area contributed by atoms with Gasteiger partial charge < -0.3 is 15.5 Å². The van der Waals surface area contributed by atoms with E-state index in [-0.39, 0.29) is 0 Å². The quantitative estimate of drug-likeness (QED) is 0.776. The van der Waals surface area contributed by atoms with Crippen molar-refractivity contribution >= 4 is 11.9 Å². The van der Waals surface area contributed by atoms with Gasteiger partial charge in [-0.15, -0.1) is 0 Å². The highest BCUT2D eigenvalue weighted by Crippen LogP contribution is 2.21. The Labute approximate surface area is 107 Å². The van der Waals surface area contributed by atoms with E-state index in [4.69, 9.17) is 10.2 Å². The average Bonchev–Trinajstić information content (AvgIpc) is 2.31. The topological polar surface area (TPSA) is 86.6 Å². The molecule has 0 radical (unpaired) electrons. The fourth-order valence-electron chi connectivity index (χ4n) is 1.43. The number of rotatable bonds is 4. The van der Waals surface area contributed by atoms with Crippen molar-refractivity contribution in [3.05, 3.63) is 29.3 Å². The van der Waals surface area contributed by atoms with Crippen molar-refractivity contribution in [2.24, 2.45) is 5.92 Å². The third-order valence-corrected chi connectivity index (χ3v) is 2.50. The van der Waals surface area contributed by atoms with Gasteiger partial charge in [0.25, 0.3) is 5.91 Å². The van der Waals surface area contributed by atoms with Crippen molar-refractivity contribution in [2.75, 3.05) is 0 Å². The minimum atomic E-state index is -1.29. The summed E-state index contributed by atoms with van der Waals surface area (Å²) in [5.74, 6) is -6.34. The molecule has 0 saturated heterocycles. The number of benzene rings is 1. The standard InChI is InChI=1S/C12H13F2NO4/c1-5(2)9(12(18)19)15-11(17)6-3-7(13)10(16)8(14)4-6/h3-5,9,16H,1-2H3,(H,15,17)(H,18,19)/t9-/m1/s1. The lowest BCUT2D eigenvalue weighted by atomic mass is 10.0. The summed E-state index contributed by atoms with van der Waals surface area (Å²) in [5.41, 5.74) is -0.403. The molecule has 1 atom stereocenters. The van der Waals surface area contributed by atoms with Crippen LogP contribution >= 0.6 is 0 Å². The van der Waals surface area contributed by atoms with Crippen LogP contribution in [0.15, 0.2) is 12.1 Å². The molecule has 0 bridgehead atoms. The van der Waals surface area contributed by atoms with E-state index in [0.29, 0.717) is 12.1 Å². The SMILES string of the molecule is CC(C)[C@@H](NC(=O)c1cc(F)c(O)c(F)c1)C(=O)O. The van der Waals surface area contributed by atoms with E-state index in [1.54, 1.807) is 13.8 Å². The Hall–Kier alpha value is -2.18. The van der Waals surface area contributed by atoms with Crippen molar-refractivity contribution in [2.45, 2.75) is 19.9 Å². The predicted molar refractivity (Wildman–Crippen MR) is 61.8 cm³/mol. The summed E-state index contributed by atoms with van der Waals surface area (Å²) < 4.78 is 26.1. The first-order valence-electron chi connectivity index (χ1n) is 5.45. The van der Waals surface area contributed by atoms with Crippen LogP contribution in [0.5, 0.6) is 5.75 Å². The molecule has 0 saturated carbocycles. The molecule has 7 heteroatoms. The number of carboxylic acid groups (broad SMARTS) is 1. The Morgan fingerprint density at radius 2 is 1.68 bits per heavy atom. The molecule has 104 valence electrons. The number of amides is 1. The van der Waals surface area contributed by atoms with Crippen LogP contribution < -0.4 is 5.32 Å². The molecule has 1 aromatic rings. The van der Waals surface area contributed by atoms with E-state index >= 15 is 0 Å². The Kier molecular flexibility index (Phi) is 4.42. The molecular formula is C12H13F2NO4. The fourth-order valence-corrected chi connectivity index (χ4v) is 1.43. The number of carbonyl (C=O) groups excluding carboxylic acids is 1. The van der Waals surface area contributed by atoms with E-state index in [1.165, 1.54) is 0 Å². The molecule has 0 unspecified atom stereocenters. The molecule has 0 aliphatic rings. The maximum Gasteiger partial charge on any atom is 0.326 e. The van der Waals surface area contributed by atoms with E-state index in [9.17, 15) is 18.4 Å². The molecule has 0 aliphatic carbocycles. The van der Waals surface area contributed by atoms with Crippen LogP contribution in [-0.2, 0) is 4.79 Å². The second-order valence-corrected chi connectivity index (χ2v) is 4.32. The van der Waals surface area contributed by atoms with Gasteiger partial charge in [-0.3, -0.25) is 4.79 Å². The van der Waals surface area contributed by atoms with E-state index in [0.717, 1.165) is 0 Å². The highest BCUT2D eigenvalue weighted by atomic mass is 19.1. The first-order chi connectivity index (χ1) is 8.73. The van der Waals surface area contributed by atoms with Crippen LogP contribution in [0.1, 0.15) is 24.2 Å². The Morgan fingerprint density at radius 3 is 2.05 bits per heavy atom. The lowest BCUT2D eigenvalue weighted by molar-refractivity contribution is -0.140. The molecule has 0 aliphatic heterocycles. The largest absolute Gasteiger partial charge is 0.503 e. The molecule has 0 spiro atoms. The highest BCUT2D eigenvalue weighted by Gasteiger charge is 2.24. The van der Waals surface area contributed by atoms with Crippen molar-refractivity contribution in [3.8, 4) is 5.75 Å². The van der Waals surface area contributed by atoms with Gasteiger partial charge in [0.2, 0.25) is 0 Å². The van der Waals surface area contributed by atoms with Crippen LogP contribution in [0, 0.1) is 17.6 Å². The van der Waals surface area contributed by atoms with E-state index in [1.807, 2.05) is 0 Å². The molecule has 1 rings (SSSR count). The Morgan fingerprint density at radius 1 is 1.21 bits per heavy atom. The summed E-state index contributed by atoms with van der Waals surface area (Å²) in [6.45, 7) is 3.16. The Bertz CT molecular complexity index is 493. The lowest BCUT2D eigenvalue weighted by Crippen LogP contribution is -2.44. The number of hydrogen-bond acceptors (Lipinski definition) is 3. The first-order valence-corrected chi connectivity index (χ1v) is 5.45. The number of carboxylic acids is 1. The summed E-state index contributed by atoms with van der Waals surface area (Å²) in [6, 6.07) is 0.0902. The van der Waals surface area contributed by atoms with Gasteiger partial charge in [-0.2, -0.15) is 0 Å². The lowest BCUT2D eigenvalue weighted by Gasteiger charge is -2.18. The zero-order valence-electron chi connectivity index (χ0n) is 10.3. The second kappa shape index (κ2) is 5.64. The monoisotopic (exact) mass is 273 g/mol. The smallest absolute Gasteiger partial charge is 0.326 e. The number of aliphatic carboxylic acids is 1. The van der Waals surface area contributed by atoms with Gasteiger partial charge in [-0.05, 0) is 18.1 Å². The maximum atomic E-state index is 13.1. The van der Waals surface area contributed by atoms with Gasteiger partial charge in [-0.25, -0.2) is 13.6 Å². The molecule has 0 fully saturated rings. The number of phenolic OH excluding ortho intramolecular Hbond substituents is 1. The zero-order valence-corrected chi connectivity index (χ0v) is 10.3. The minimum absolute atomic E-state index is 0.395. The van der Waals surface area contributed by atoms with E-state index in [2.05, 4.69) is 5.32 Å². The number of hydrogen-bond donors (Lipinski definition) is 3. The molecule has 1 amide bonds. The molecule has 19 heavy (non-hydrogen) atoms. The predicted octanol–water partition coefficient (Wildman–Crippen LogP) is 1.51. The molecule has 3 N–H and O–H groups in total. The van der Waals surface area contributed by atoms with Gasteiger partial charge in [-0.1, -0.05) is 13.8 Å². The van der Waals surface area contributed by atoms with Crippen LogP contribution in [0.2, 0.25) is 0 Å². The van der Waals surface area contributed by atoms with Crippen LogP contribution in [0.25, 0.3) is 0 Å². The van der Waals surface area contributed by atoms with Gasteiger partial charge >= 0.3 is 5.97 Å². The average molecular weight is 273 g/mol. The molecule has 0 aromatic heterocycles. The van der Waals surface area contributed by atoms with E-state index < -0.39 is 46.8 Å². The van der Waals surface area contributed by atoms with Gasteiger partial charge in [0.15, 0.2) is 17.4 Å².